The van der Waals surface area contributed by atoms with Gasteiger partial charge in [-0.3, -0.25) is 0 Å². The van der Waals surface area contributed by atoms with E-state index in [2.05, 4.69) is 22.6 Å². The van der Waals surface area contributed by atoms with Gasteiger partial charge in [-0.1, -0.05) is 0 Å². The monoisotopic (exact) mass is 311 g/mol. The summed E-state index contributed by atoms with van der Waals surface area (Å²) >= 11 is 0. The summed E-state index contributed by atoms with van der Waals surface area (Å²) in [7, 11) is 2.20. The average Bonchev–Trinajstić information content (AvgIpc) is 2.83. The van der Waals surface area contributed by atoms with Gasteiger partial charge < -0.3 is 20.3 Å². The summed E-state index contributed by atoms with van der Waals surface area (Å²) in [5.41, 5.74) is -0.431. The lowest BCUT2D eigenvalue weighted by atomic mass is 9.96. The number of carbonyl (C=O) groups is 1. The highest BCUT2D eigenvalue weighted by Crippen LogP contribution is 2.21. The molecule has 1 aliphatic heterocycles. The third-order valence-corrected chi connectivity index (χ3v) is 4.72. The van der Waals surface area contributed by atoms with Crippen molar-refractivity contribution < 1.29 is 9.53 Å². The van der Waals surface area contributed by atoms with Crippen molar-refractivity contribution in [3.05, 3.63) is 0 Å². The van der Waals surface area contributed by atoms with Crippen LogP contribution in [0.2, 0.25) is 0 Å². The summed E-state index contributed by atoms with van der Waals surface area (Å²) in [6.07, 6.45) is 5.63. The molecule has 1 heterocycles. The van der Waals surface area contributed by atoms with Gasteiger partial charge in [0.1, 0.15) is 5.60 Å². The molecule has 0 bridgehead atoms. The van der Waals surface area contributed by atoms with E-state index in [0.717, 1.165) is 25.3 Å². The molecule has 0 aromatic rings. The number of nitrogens with one attached hydrogen (secondary N) is 2. The molecule has 2 rings (SSSR count). The number of carbonyl (C=O) groups excluding carboxylic acids is 1. The maximum atomic E-state index is 11.9. The normalized spacial score (nSPS) is 27.8. The van der Waals surface area contributed by atoms with Crippen molar-refractivity contribution in [2.75, 3.05) is 26.7 Å². The number of likely N-dealkylation sites (tertiary alicyclic amines) is 1. The van der Waals surface area contributed by atoms with Gasteiger partial charge in [0.25, 0.3) is 0 Å². The van der Waals surface area contributed by atoms with Crippen molar-refractivity contribution in [3.8, 4) is 0 Å². The molecule has 1 saturated heterocycles. The topological polar surface area (TPSA) is 53.6 Å². The standard InChI is InChI=1S/C17H33N3O2/c1-17(2,3)22-16(21)19-15-7-5-6-14(15)18-12-13-8-10-20(4)11-9-13/h13-15,18H,5-12H2,1-4H3,(H,19,21). The van der Waals surface area contributed by atoms with Crippen molar-refractivity contribution in [2.24, 2.45) is 5.92 Å². The molecule has 2 fully saturated rings. The Hall–Kier alpha value is -0.810. The lowest BCUT2D eigenvalue weighted by Crippen LogP contribution is -2.49. The molecular formula is C17H33N3O2. The molecule has 2 N–H and O–H groups in total. The molecule has 1 aliphatic carbocycles. The van der Waals surface area contributed by atoms with Crippen LogP contribution in [0.1, 0.15) is 52.9 Å². The lowest BCUT2D eigenvalue weighted by molar-refractivity contribution is 0.0497. The van der Waals surface area contributed by atoms with Gasteiger partial charge in [-0.15, -0.1) is 0 Å². The van der Waals surface area contributed by atoms with Gasteiger partial charge >= 0.3 is 6.09 Å². The molecule has 5 heteroatoms. The van der Waals surface area contributed by atoms with Gasteiger partial charge in [-0.2, -0.15) is 0 Å². The zero-order valence-electron chi connectivity index (χ0n) is 14.7. The second-order valence-corrected chi connectivity index (χ2v) is 7.95. The molecule has 22 heavy (non-hydrogen) atoms. The number of alkyl carbamates (subject to hydrolysis) is 1. The van der Waals surface area contributed by atoms with E-state index in [4.69, 9.17) is 4.74 Å². The van der Waals surface area contributed by atoms with Gasteiger partial charge in [0.15, 0.2) is 0 Å². The third-order valence-electron chi connectivity index (χ3n) is 4.72. The molecule has 1 amide bonds. The first kappa shape index (κ1) is 17.5. The first-order valence-corrected chi connectivity index (χ1v) is 8.75. The predicted molar refractivity (Wildman–Crippen MR) is 89.0 cm³/mol. The van der Waals surface area contributed by atoms with Crippen LogP contribution in [0.3, 0.4) is 0 Å². The van der Waals surface area contributed by atoms with Crippen molar-refractivity contribution in [2.45, 2.75) is 70.6 Å². The Morgan fingerprint density at radius 3 is 2.41 bits per heavy atom. The first-order chi connectivity index (χ1) is 10.3. The average molecular weight is 311 g/mol. The molecule has 2 aliphatic rings. The molecule has 2 unspecified atom stereocenters. The van der Waals surface area contributed by atoms with E-state index in [0.29, 0.717) is 6.04 Å². The number of amides is 1. The van der Waals surface area contributed by atoms with E-state index < -0.39 is 5.60 Å². The van der Waals surface area contributed by atoms with Gasteiger partial charge in [0, 0.05) is 12.1 Å². The Labute approximate surface area is 135 Å². The van der Waals surface area contributed by atoms with Crippen LogP contribution in [0.4, 0.5) is 4.79 Å². The Morgan fingerprint density at radius 2 is 1.77 bits per heavy atom. The Balaban J connectivity index is 1.72. The largest absolute Gasteiger partial charge is 0.444 e. The molecule has 0 radical (unpaired) electrons. The summed E-state index contributed by atoms with van der Waals surface area (Å²) in [5, 5.41) is 6.74. The van der Waals surface area contributed by atoms with Crippen LogP contribution in [0, 0.1) is 5.92 Å². The number of ether oxygens (including phenoxy) is 1. The van der Waals surface area contributed by atoms with E-state index in [1.165, 1.54) is 32.4 Å². The SMILES string of the molecule is CN1CCC(CNC2CCCC2NC(=O)OC(C)(C)C)CC1. The van der Waals surface area contributed by atoms with Crippen LogP contribution in [-0.2, 0) is 4.74 Å². The Morgan fingerprint density at radius 1 is 1.14 bits per heavy atom. The van der Waals surface area contributed by atoms with Crippen LogP contribution < -0.4 is 10.6 Å². The van der Waals surface area contributed by atoms with Crippen molar-refractivity contribution >= 4 is 6.09 Å². The van der Waals surface area contributed by atoms with Crippen LogP contribution >= 0.6 is 0 Å². The van der Waals surface area contributed by atoms with Gasteiger partial charge in [-0.05, 0) is 85.5 Å². The highest BCUT2D eigenvalue weighted by molar-refractivity contribution is 5.68. The zero-order chi connectivity index (χ0) is 16.2. The summed E-state index contributed by atoms with van der Waals surface area (Å²) in [5.74, 6) is 0.777. The van der Waals surface area contributed by atoms with Gasteiger partial charge in [-0.25, -0.2) is 4.79 Å². The lowest BCUT2D eigenvalue weighted by Gasteiger charge is -2.31. The minimum absolute atomic E-state index is 0.209. The van der Waals surface area contributed by atoms with Crippen molar-refractivity contribution in [1.29, 1.82) is 0 Å². The summed E-state index contributed by atoms with van der Waals surface area (Å²) in [6, 6.07) is 0.605. The minimum atomic E-state index is -0.431. The van der Waals surface area contributed by atoms with Crippen LogP contribution in [-0.4, -0.2) is 55.4 Å². The number of nitrogens with zero attached hydrogens (tertiary/aromatic N) is 1. The maximum absolute atomic E-state index is 11.9. The van der Waals surface area contributed by atoms with E-state index in [-0.39, 0.29) is 12.1 Å². The van der Waals surface area contributed by atoms with Gasteiger partial charge in [0.05, 0.1) is 0 Å². The van der Waals surface area contributed by atoms with Crippen molar-refractivity contribution in [1.82, 2.24) is 15.5 Å². The van der Waals surface area contributed by atoms with Crippen LogP contribution in [0.25, 0.3) is 0 Å². The fourth-order valence-corrected chi connectivity index (χ4v) is 3.42. The second-order valence-electron chi connectivity index (χ2n) is 7.95. The van der Waals surface area contributed by atoms with Gasteiger partial charge in [0.2, 0.25) is 0 Å². The van der Waals surface area contributed by atoms with E-state index in [1.54, 1.807) is 0 Å². The maximum Gasteiger partial charge on any atom is 0.407 e. The molecule has 0 aromatic heterocycles. The fraction of sp³-hybridized carbons (Fsp3) is 0.941. The second kappa shape index (κ2) is 7.64. The Bertz CT molecular complexity index is 359. The molecule has 128 valence electrons. The number of piperidine rings is 1. The highest BCUT2D eigenvalue weighted by atomic mass is 16.6. The molecule has 5 nitrogen and oxygen atoms in total. The smallest absolute Gasteiger partial charge is 0.407 e. The quantitative estimate of drug-likeness (QED) is 0.837. The highest BCUT2D eigenvalue weighted by Gasteiger charge is 2.30. The molecule has 2 atom stereocenters. The summed E-state index contributed by atoms with van der Waals surface area (Å²) in [4.78, 5) is 14.3. The number of rotatable bonds is 4. The third kappa shape index (κ3) is 5.76. The van der Waals surface area contributed by atoms with E-state index in [1.807, 2.05) is 20.8 Å². The number of hydrogen-bond donors (Lipinski definition) is 2. The molecular weight excluding hydrogens is 278 g/mol. The van der Waals surface area contributed by atoms with E-state index in [9.17, 15) is 4.79 Å². The first-order valence-electron chi connectivity index (χ1n) is 8.75. The van der Waals surface area contributed by atoms with Crippen molar-refractivity contribution in [3.63, 3.8) is 0 Å². The molecule has 0 spiro atoms. The molecule has 1 saturated carbocycles. The van der Waals surface area contributed by atoms with Crippen LogP contribution in [0.5, 0.6) is 0 Å². The zero-order valence-corrected chi connectivity index (χ0v) is 14.7. The van der Waals surface area contributed by atoms with Crippen LogP contribution in [0.15, 0.2) is 0 Å². The minimum Gasteiger partial charge on any atom is -0.444 e. The predicted octanol–water partition coefficient (Wildman–Crippen LogP) is 2.36. The summed E-state index contributed by atoms with van der Waals surface area (Å²) in [6.45, 7) is 9.18. The van der Waals surface area contributed by atoms with E-state index >= 15 is 0 Å². The fourth-order valence-electron chi connectivity index (χ4n) is 3.42. The summed E-state index contributed by atoms with van der Waals surface area (Å²) < 4.78 is 5.37. The Kier molecular flexibility index (Phi) is 6.09. The molecule has 0 aromatic carbocycles. The number of hydrogen-bond acceptors (Lipinski definition) is 4.